The van der Waals surface area contributed by atoms with Crippen LogP contribution in [0, 0.1) is 0 Å². The van der Waals surface area contributed by atoms with Gasteiger partial charge < -0.3 is 10.5 Å². The third kappa shape index (κ3) is 2.60. The van der Waals surface area contributed by atoms with Crippen LogP contribution in [-0.2, 0) is 13.1 Å². The van der Waals surface area contributed by atoms with Gasteiger partial charge in [0.15, 0.2) is 0 Å². The first-order valence-electron chi connectivity index (χ1n) is 5.27. The van der Waals surface area contributed by atoms with Crippen molar-refractivity contribution in [1.82, 2.24) is 9.78 Å². The summed E-state index contributed by atoms with van der Waals surface area (Å²) in [6, 6.07) is 7.66. The summed E-state index contributed by atoms with van der Waals surface area (Å²) < 4.78 is 7.07. The molecule has 0 aliphatic carbocycles. The van der Waals surface area contributed by atoms with Gasteiger partial charge in [0.1, 0.15) is 0 Å². The number of halogens is 1. The molecule has 0 spiro atoms. The molecule has 0 aliphatic rings. The van der Waals surface area contributed by atoms with Crippen LogP contribution < -0.4 is 10.5 Å². The summed E-state index contributed by atoms with van der Waals surface area (Å²) in [5, 5.41) is 4.97. The molecule has 0 atom stereocenters. The molecule has 1 aromatic heterocycles. The topological polar surface area (TPSA) is 53.1 Å². The number of rotatable bonds is 4. The van der Waals surface area contributed by atoms with Crippen molar-refractivity contribution in [3.63, 3.8) is 0 Å². The third-order valence-electron chi connectivity index (χ3n) is 2.50. The lowest BCUT2D eigenvalue weighted by Gasteiger charge is -2.07. The molecule has 0 unspecified atom stereocenters. The molecule has 0 radical (unpaired) electrons. The zero-order valence-electron chi connectivity index (χ0n) is 9.56. The summed E-state index contributed by atoms with van der Waals surface area (Å²) in [6.45, 7) is 1.03. The zero-order chi connectivity index (χ0) is 12.3. The predicted molar refractivity (Wildman–Crippen MR) is 67.2 cm³/mol. The Bertz CT molecular complexity index is 510. The van der Waals surface area contributed by atoms with Gasteiger partial charge >= 0.3 is 0 Å². The Balaban J connectivity index is 2.27. The van der Waals surface area contributed by atoms with Crippen LogP contribution in [0.1, 0.15) is 11.1 Å². The van der Waals surface area contributed by atoms with Gasteiger partial charge in [0.25, 0.3) is 0 Å². The van der Waals surface area contributed by atoms with Crippen LogP contribution in [-0.4, -0.2) is 16.9 Å². The molecule has 0 fully saturated rings. The maximum absolute atomic E-state index is 5.94. The Kier molecular flexibility index (Phi) is 3.66. The van der Waals surface area contributed by atoms with Crippen molar-refractivity contribution in [1.29, 1.82) is 0 Å². The van der Waals surface area contributed by atoms with E-state index in [1.54, 1.807) is 18.0 Å². The lowest BCUT2D eigenvalue weighted by molar-refractivity contribution is 0.363. The van der Waals surface area contributed by atoms with Crippen LogP contribution in [0.5, 0.6) is 5.88 Å². The maximum atomic E-state index is 5.94. The average molecular weight is 252 g/mol. The fourth-order valence-electron chi connectivity index (χ4n) is 1.71. The number of hydrogen-bond donors (Lipinski definition) is 1. The highest BCUT2D eigenvalue weighted by Crippen LogP contribution is 2.19. The molecule has 0 amide bonds. The molecular weight excluding hydrogens is 238 g/mol. The van der Waals surface area contributed by atoms with Crippen molar-refractivity contribution in [3.8, 4) is 5.88 Å². The van der Waals surface area contributed by atoms with Crippen LogP contribution in [0.2, 0.25) is 5.02 Å². The number of nitrogens with zero attached hydrogens (tertiary/aromatic N) is 2. The maximum Gasteiger partial charge on any atom is 0.216 e. The Morgan fingerprint density at radius 1 is 1.47 bits per heavy atom. The van der Waals surface area contributed by atoms with Crippen molar-refractivity contribution in [3.05, 3.63) is 46.6 Å². The number of ether oxygens (including phenoxy) is 1. The van der Waals surface area contributed by atoms with E-state index in [0.29, 0.717) is 24.0 Å². The minimum absolute atomic E-state index is 0.415. The fraction of sp³-hybridized carbons (Fsp3) is 0.250. The van der Waals surface area contributed by atoms with Gasteiger partial charge in [-0.25, -0.2) is 4.68 Å². The second-order valence-corrected chi connectivity index (χ2v) is 4.11. The van der Waals surface area contributed by atoms with E-state index in [1.807, 2.05) is 24.3 Å². The van der Waals surface area contributed by atoms with E-state index in [4.69, 9.17) is 22.1 Å². The van der Waals surface area contributed by atoms with Gasteiger partial charge in [-0.15, -0.1) is 0 Å². The second kappa shape index (κ2) is 5.21. The average Bonchev–Trinajstić information content (AvgIpc) is 2.71. The summed E-state index contributed by atoms with van der Waals surface area (Å²) in [7, 11) is 1.62. The number of hydrogen-bond acceptors (Lipinski definition) is 3. The molecular formula is C12H14ClN3O. The Hall–Kier alpha value is -1.52. The third-order valence-corrected chi connectivity index (χ3v) is 2.73. The molecule has 0 saturated carbocycles. The van der Waals surface area contributed by atoms with Crippen LogP contribution in [0.4, 0.5) is 0 Å². The molecule has 90 valence electrons. The molecule has 4 nitrogen and oxygen atoms in total. The Morgan fingerprint density at radius 3 is 2.94 bits per heavy atom. The summed E-state index contributed by atoms with van der Waals surface area (Å²) in [5.41, 5.74) is 7.57. The lowest BCUT2D eigenvalue weighted by Crippen LogP contribution is -2.05. The first-order valence-corrected chi connectivity index (χ1v) is 5.65. The van der Waals surface area contributed by atoms with Crippen LogP contribution in [0.15, 0.2) is 30.5 Å². The van der Waals surface area contributed by atoms with Gasteiger partial charge in [-0.05, 0) is 17.7 Å². The Labute approximate surface area is 105 Å². The Morgan fingerprint density at radius 2 is 2.29 bits per heavy atom. The van der Waals surface area contributed by atoms with Crippen LogP contribution in [0.25, 0.3) is 0 Å². The van der Waals surface area contributed by atoms with Crippen LogP contribution in [0.3, 0.4) is 0 Å². The SMILES string of the molecule is COc1c(CN)cnn1Cc1cccc(Cl)c1. The largest absolute Gasteiger partial charge is 0.481 e. The number of benzene rings is 1. The molecule has 1 aromatic carbocycles. The van der Waals surface area contributed by atoms with Gasteiger partial charge in [-0.2, -0.15) is 5.10 Å². The minimum atomic E-state index is 0.415. The van der Waals surface area contributed by atoms with Gasteiger partial charge in [0, 0.05) is 17.1 Å². The molecule has 0 saturated heterocycles. The van der Waals surface area contributed by atoms with Crippen molar-refractivity contribution in [2.45, 2.75) is 13.1 Å². The number of nitrogens with two attached hydrogens (primary N) is 1. The summed E-state index contributed by atoms with van der Waals surface area (Å²) in [4.78, 5) is 0. The van der Waals surface area contributed by atoms with E-state index >= 15 is 0 Å². The molecule has 1 heterocycles. The number of methoxy groups -OCH3 is 1. The second-order valence-electron chi connectivity index (χ2n) is 3.67. The highest BCUT2D eigenvalue weighted by atomic mass is 35.5. The standard InChI is InChI=1S/C12H14ClN3O/c1-17-12-10(6-14)7-15-16(12)8-9-3-2-4-11(13)5-9/h2-5,7H,6,8,14H2,1H3. The number of aromatic nitrogens is 2. The molecule has 2 aromatic rings. The smallest absolute Gasteiger partial charge is 0.216 e. The summed E-state index contributed by atoms with van der Waals surface area (Å²) >= 11 is 5.94. The monoisotopic (exact) mass is 251 g/mol. The van der Waals surface area contributed by atoms with Gasteiger partial charge in [-0.3, -0.25) is 0 Å². The molecule has 0 aliphatic heterocycles. The highest BCUT2D eigenvalue weighted by Gasteiger charge is 2.10. The van der Waals surface area contributed by atoms with E-state index in [9.17, 15) is 0 Å². The first kappa shape index (κ1) is 12.0. The van der Waals surface area contributed by atoms with E-state index in [-0.39, 0.29) is 0 Å². The lowest BCUT2D eigenvalue weighted by atomic mass is 10.2. The van der Waals surface area contributed by atoms with Gasteiger partial charge in [0.2, 0.25) is 5.88 Å². The first-order chi connectivity index (χ1) is 8.24. The van der Waals surface area contributed by atoms with Crippen LogP contribution >= 0.6 is 11.6 Å². The zero-order valence-corrected chi connectivity index (χ0v) is 10.3. The van der Waals surface area contributed by atoms with Crippen molar-refractivity contribution < 1.29 is 4.74 Å². The normalized spacial score (nSPS) is 10.5. The van der Waals surface area contributed by atoms with E-state index in [0.717, 1.165) is 11.1 Å². The molecule has 5 heteroatoms. The van der Waals surface area contributed by atoms with Crippen molar-refractivity contribution in [2.24, 2.45) is 5.73 Å². The summed E-state index contributed by atoms with van der Waals surface area (Å²) in [6.07, 6.45) is 1.73. The predicted octanol–water partition coefficient (Wildman–Crippen LogP) is 2.05. The molecule has 17 heavy (non-hydrogen) atoms. The van der Waals surface area contributed by atoms with E-state index in [1.165, 1.54) is 0 Å². The van der Waals surface area contributed by atoms with E-state index in [2.05, 4.69) is 5.10 Å². The minimum Gasteiger partial charge on any atom is -0.481 e. The highest BCUT2D eigenvalue weighted by molar-refractivity contribution is 6.30. The van der Waals surface area contributed by atoms with Crippen molar-refractivity contribution in [2.75, 3.05) is 7.11 Å². The van der Waals surface area contributed by atoms with Gasteiger partial charge in [0.05, 0.1) is 19.9 Å². The summed E-state index contributed by atoms with van der Waals surface area (Å²) in [5.74, 6) is 0.701. The quantitative estimate of drug-likeness (QED) is 0.905. The molecule has 0 bridgehead atoms. The fourth-order valence-corrected chi connectivity index (χ4v) is 1.92. The molecule has 2 rings (SSSR count). The van der Waals surface area contributed by atoms with Gasteiger partial charge in [-0.1, -0.05) is 23.7 Å². The van der Waals surface area contributed by atoms with Crippen molar-refractivity contribution >= 4 is 11.6 Å². The van der Waals surface area contributed by atoms with E-state index < -0.39 is 0 Å². The molecule has 2 N–H and O–H groups in total.